The minimum atomic E-state index is 0.228. The molecule has 4 heteroatoms. The monoisotopic (exact) mass is 337 g/mol. The lowest BCUT2D eigenvalue weighted by Crippen LogP contribution is -1.99. The van der Waals surface area contributed by atoms with Crippen molar-refractivity contribution >= 4 is 27.5 Å². The molecule has 0 unspecified atom stereocenters. The summed E-state index contributed by atoms with van der Waals surface area (Å²) >= 11 is 0. The SMILES string of the molecule is Nc1nc(-c2ccco2)cc(-c2c3ccccc3cc3ccccc23)n1. The van der Waals surface area contributed by atoms with Gasteiger partial charge in [0.25, 0.3) is 0 Å². The van der Waals surface area contributed by atoms with Gasteiger partial charge in [-0.15, -0.1) is 0 Å². The second kappa shape index (κ2) is 5.70. The highest BCUT2D eigenvalue weighted by atomic mass is 16.3. The number of anilines is 1. The Morgan fingerprint density at radius 3 is 2.00 bits per heavy atom. The van der Waals surface area contributed by atoms with Gasteiger partial charge in [-0.05, 0) is 45.8 Å². The third-order valence-electron chi connectivity index (χ3n) is 4.54. The van der Waals surface area contributed by atoms with Gasteiger partial charge in [0.05, 0.1) is 12.0 Å². The molecule has 0 radical (unpaired) electrons. The minimum absolute atomic E-state index is 0.228. The molecule has 3 aromatic carbocycles. The molecule has 0 fully saturated rings. The van der Waals surface area contributed by atoms with Crippen LogP contribution in [-0.2, 0) is 0 Å². The Balaban J connectivity index is 1.89. The molecule has 2 aromatic heterocycles. The molecule has 0 aliphatic carbocycles. The first-order valence-electron chi connectivity index (χ1n) is 8.39. The molecule has 26 heavy (non-hydrogen) atoms. The lowest BCUT2D eigenvalue weighted by Gasteiger charge is -2.12. The summed E-state index contributed by atoms with van der Waals surface area (Å²) in [6, 6.07) is 24.5. The normalized spacial score (nSPS) is 11.2. The van der Waals surface area contributed by atoms with Crippen molar-refractivity contribution in [3.63, 3.8) is 0 Å². The smallest absolute Gasteiger partial charge is 0.221 e. The molecular formula is C22H15N3O. The van der Waals surface area contributed by atoms with Crippen molar-refractivity contribution in [2.45, 2.75) is 0 Å². The molecule has 0 saturated carbocycles. The summed E-state index contributed by atoms with van der Waals surface area (Å²) in [4.78, 5) is 8.87. The number of nitrogens with zero attached hydrogens (tertiary/aromatic N) is 2. The minimum Gasteiger partial charge on any atom is -0.463 e. The van der Waals surface area contributed by atoms with Crippen LogP contribution in [0.5, 0.6) is 0 Å². The number of rotatable bonds is 2. The number of hydrogen-bond acceptors (Lipinski definition) is 4. The van der Waals surface area contributed by atoms with Crippen LogP contribution in [0.1, 0.15) is 0 Å². The number of benzene rings is 3. The van der Waals surface area contributed by atoms with Gasteiger partial charge < -0.3 is 10.2 Å². The average Bonchev–Trinajstić information content (AvgIpc) is 3.20. The molecule has 0 aliphatic heterocycles. The van der Waals surface area contributed by atoms with Gasteiger partial charge >= 0.3 is 0 Å². The Morgan fingerprint density at radius 2 is 1.35 bits per heavy atom. The second-order valence-electron chi connectivity index (χ2n) is 6.17. The molecule has 0 atom stereocenters. The van der Waals surface area contributed by atoms with Crippen LogP contribution < -0.4 is 5.73 Å². The number of fused-ring (bicyclic) bond motifs is 2. The number of nitrogen functional groups attached to an aromatic ring is 1. The fourth-order valence-corrected chi connectivity index (χ4v) is 3.43. The average molecular weight is 337 g/mol. The van der Waals surface area contributed by atoms with E-state index in [1.807, 2.05) is 42.5 Å². The van der Waals surface area contributed by atoms with Crippen LogP contribution in [0.3, 0.4) is 0 Å². The van der Waals surface area contributed by atoms with E-state index in [0.29, 0.717) is 11.5 Å². The van der Waals surface area contributed by atoms with Gasteiger partial charge in [0.15, 0.2) is 5.76 Å². The molecular weight excluding hydrogens is 322 g/mol. The van der Waals surface area contributed by atoms with Gasteiger partial charge in [-0.2, -0.15) is 0 Å². The van der Waals surface area contributed by atoms with E-state index in [0.717, 1.165) is 32.8 Å². The molecule has 5 aromatic rings. The summed E-state index contributed by atoms with van der Waals surface area (Å²) in [6.07, 6.45) is 1.63. The Labute approximate surface area is 149 Å². The lowest BCUT2D eigenvalue weighted by atomic mass is 9.94. The van der Waals surface area contributed by atoms with Crippen molar-refractivity contribution in [2.24, 2.45) is 0 Å². The molecule has 124 valence electrons. The third-order valence-corrected chi connectivity index (χ3v) is 4.54. The molecule has 0 saturated heterocycles. The van der Waals surface area contributed by atoms with Gasteiger partial charge in [0.1, 0.15) is 5.69 Å². The van der Waals surface area contributed by atoms with Crippen LogP contribution in [-0.4, -0.2) is 9.97 Å². The quantitative estimate of drug-likeness (QED) is 0.444. The first-order valence-corrected chi connectivity index (χ1v) is 8.39. The van der Waals surface area contributed by atoms with Crippen LogP contribution in [0.25, 0.3) is 44.3 Å². The third kappa shape index (κ3) is 2.31. The molecule has 2 N–H and O–H groups in total. The number of nitrogens with two attached hydrogens (primary N) is 1. The Kier molecular flexibility index (Phi) is 3.22. The van der Waals surface area contributed by atoms with Crippen molar-refractivity contribution in [3.8, 4) is 22.7 Å². The predicted molar refractivity (Wildman–Crippen MR) is 105 cm³/mol. The van der Waals surface area contributed by atoms with Gasteiger partial charge in [0, 0.05) is 5.56 Å². The van der Waals surface area contributed by atoms with Crippen LogP contribution in [0, 0.1) is 0 Å². The number of furan rings is 1. The van der Waals surface area contributed by atoms with Gasteiger partial charge in [-0.1, -0.05) is 48.5 Å². The number of aromatic nitrogens is 2. The molecule has 4 nitrogen and oxygen atoms in total. The maximum atomic E-state index is 6.03. The van der Waals surface area contributed by atoms with Gasteiger partial charge in [-0.3, -0.25) is 0 Å². The van der Waals surface area contributed by atoms with Crippen LogP contribution in [0.2, 0.25) is 0 Å². The van der Waals surface area contributed by atoms with E-state index in [1.54, 1.807) is 6.26 Å². The standard InChI is InChI=1S/C22H15N3O/c23-22-24-18(20-10-5-11-26-20)13-19(25-22)21-16-8-3-1-6-14(16)12-15-7-2-4-9-17(15)21/h1-13H,(H2,23,24,25). The summed E-state index contributed by atoms with van der Waals surface area (Å²) in [7, 11) is 0. The van der Waals surface area contributed by atoms with Crippen LogP contribution >= 0.6 is 0 Å². The van der Waals surface area contributed by atoms with Gasteiger partial charge in [-0.25, -0.2) is 9.97 Å². The zero-order chi connectivity index (χ0) is 17.5. The van der Waals surface area contributed by atoms with Crippen molar-refractivity contribution < 1.29 is 4.42 Å². The zero-order valence-electron chi connectivity index (χ0n) is 13.9. The Hall–Kier alpha value is -3.66. The predicted octanol–water partition coefficient (Wildman–Crippen LogP) is 5.29. The lowest BCUT2D eigenvalue weighted by molar-refractivity contribution is 0.580. The van der Waals surface area contributed by atoms with Crippen molar-refractivity contribution in [3.05, 3.63) is 79.1 Å². The summed E-state index contributed by atoms with van der Waals surface area (Å²) in [5.74, 6) is 0.899. The van der Waals surface area contributed by atoms with E-state index in [1.165, 1.54) is 0 Å². The van der Waals surface area contributed by atoms with Crippen molar-refractivity contribution in [2.75, 3.05) is 5.73 Å². The van der Waals surface area contributed by atoms with Crippen molar-refractivity contribution in [1.29, 1.82) is 0 Å². The summed E-state index contributed by atoms with van der Waals surface area (Å²) in [5, 5.41) is 4.60. The van der Waals surface area contributed by atoms with Crippen LogP contribution in [0.15, 0.2) is 83.5 Å². The molecule has 0 aliphatic rings. The van der Waals surface area contributed by atoms with E-state index in [-0.39, 0.29) is 5.95 Å². The first kappa shape index (κ1) is 14.7. The fraction of sp³-hybridized carbons (Fsp3) is 0. The number of hydrogen-bond donors (Lipinski definition) is 1. The molecule has 0 amide bonds. The maximum absolute atomic E-state index is 6.03. The fourth-order valence-electron chi connectivity index (χ4n) is 3.43. The maximum Gasteiger partial charge on any atom is 0.221 e. The Morgan fingerprint density at radius 1 is 0.692 bits per heavy atom. The zero-order valence-corrected chi connectivity index (χ0v) is 13.9. The summed E-state index contributed by atoms with van der Waals surface area (Å²) < 4.78 is 5.49. The summed E-state index contributed by atoms with van der Waals surface area (Å²) in [5.41, 5.74) is 8.55. The molecule has 5 rings (SSSR count). The van der Waals surface area contributed by atoms with Crippen LogP contribution in [0.4, 0.5) is 5.95 Å². The highest BCUT2D eigenvalue weighted by Gasteiger charge is 2.14. The van der Waals surface area contributed by atoms with E-state index >= 15 is 0 Å². The van der Waals surface area contributed by atoms with E-state index in [4.69, 9.17) is 10.2 Å². The van der Waals surface area contributed by atoms with Gasteiger partial charge in [0.2, 0.25) is 5.95 Å². The van der Waals surface area contributed by atoms with E-state index in [2.05, 4.69) is 40.3 Å². The Bertz CT molecular complexity index is 1190. The molecule has 0 bridgehead atoms. The molecule has 2 heterocycles. The highest BCUT2D eigenvalue weighted by Crippen LogP contribution is 2.36. The highest BCUT2D eigenvalue weighted by molar-refractivity contribution is 6.12. The van der Waals surface area contributed by atoms with Crippen molar-refractivity contribution in [1.82, 2.24) is 9.97 Å². The summed E-state index contributed by atoms with van der Waals surface area (Å²) in [6.45, 7) is 0. The topological polar surface area (TPSA) is 64.9 Å². The first-order chi connectivity index (χ1) is 12.8. The van der Waals surface area contributed by atoms with E-state index < -0.39 is 0 Å². The van der Waals surface area contributed by atoms with E-state index in [9.17, 15) is 0 Å². The molecule has 0 spiro atoms. The second-order valence-corrected chi connectivity index (χ2v) is 6.17. The largest absolute Gasteiger partial charge is 0.463 e.